The Balaban J connectivity index is 2.68. The zero-order valence-corrected chi connectivity index (χ0v) is 8.82. The van der Waals surface area contributed by atoms with E-state index in [9.17, 15) is 0 Å². The maximum absolute atomic E-state index is 6.04. The molecule has 0 bridgehead atoms. The van der Waals surface area contributed by atoms with E-state index < -0.39 is 0 Å². The number of halogens is 1. The molecule has 0 radical (unpaired) electrons. The molecule has 0 aliphatic carbocycles. The van der Waals surface area contributed by atoms with E-state index in [-0.39, 0.29) is 6.04 Å². The van der Waals surface area contributed by atoms with Crippen LogP contribution in [0.4, 0.5) is 0 Å². The molecule has 0 fully saturated rings. The largest absolute Gasteiger partial charge is 0.324 e. The van der Waals surface area contributed by atoms with Crippen LogP contribution >= 0.6 is 22.9 Å². The summed E-state index contributed by atoms with van der Waals surface area (Å²) in [6, 6.07) is 8.10. The molecule has 1 atom stereocenters. The normalized spacial score (nSPS) is 13.5. The van der Waals surface area contributed by atoms with Gasteiger partial charge in [-0.3, -0.25) is 0 Å². The lowest BCUT2D eigenvalue weighted by atomic mass is 10.2. The van der Waals surface area contributed by atoms with Crippen molar-refractivity contribution in [2.24, 2.45) is 5.73 Å². The first-order valence-electron chi connectivity index (χ1n) is 4.12. The number of thiophene rings is 1. The van der Waals surface area contributed by atoms with Crippen LogP contribution in [0.25, 0.3) is 10.1 Å². The summed E-state index contributed by atoms with van der Waals surface area (Å²) in [4.78, 5) is 1.18. The molecule has 1 aromatic carbocycles. The molecule has 2 rings (SSSR count). The summed E-state index contributed by atoms with van der Waals surface area (Å²) in [6.07, 6.45) is 0. The van der Waals surface area contributed by atoms with Crippen LogP contribution in [0, 0.1) is 0 Å². The second-order valence-corrected chi connectivity index (χ2v) is 4.61. The highest BCUT2D eigenvalue weighted by Gasteiger charge is 2.06. The molecule has 0 aliphatic heterocycles. The van der Waals surface area contributed by atoms with Gasteiger partial charge in [0.05, 0.1) is 0 Å². The van der Waals surface area contributed by atoms with Gasteiger partial charge in [-0.2, -0.15) is 0 Å². The Hall–Kier alpha value is -0.570. The molecule has 0 unspecified atom stereocenters. The predicted octanol–water partition coefficient (Wildman–Crippen LogP) is 3.57. The zero-order valence-electron chi connectivity index (χ0n) is 7.25. The molecular weight excluding hydrogens is 202 g/mol. The van der Waals surface area contributed by atoms with Crippen molar-refractivity contribution in [1.29, 1.82) is 0 Å². The number of hydrogen-bond donors (Lipinski definition) is 1. The second-order valence-electron chi connectivity index (χ2n) is 3.09. The van der Waals surface area contributed by atoms with Crippen molar-refractivity contribution in [2.75, 3.05) is 0 Å². The van der Waals surface area contributed by atoms with Crippen LogP contribution in [0.15, 0.2) is 24.3 Å². The van der Waals surface area contributed by atoms with E-state index in [1.165, 1.54) is 9.58 Å². The average Bonchev–Trinajstić information content (AvgIpc) is 2.49. The Morgan fingerprint density at radius 3 is 2.85 bits per heavy atom. The van der Waals surface area contributed by atoms with Gasteiger partial charge < -0.3 is 5.73 Å². The van der Waals surface area contributed by atoms with Gasteiger partial charge >= 0.3 is 0 Å². The lowest BCUT2D eigenvalue weighted by molar-refractivity contribution is 0.839. The van der Waals surface area contributed by atoms with E-state index >= 15 is 0 Å². The average molecular weight is 212 g/mol. The van der Waals surface area contributed by atoms with Crippen LogP contribution in [0.2, 0.25) is 5.02 Å². The summed E-state index contributed by atoms with van der Waals surface area (Å²) in [5.41, 5.74) is 5.79. The predicted molar refractivity (Wildman–Crippen MR) is 59.4 cm³/mol. The van der Waals surface area contributed by atoms with Crippen molar-refractivity contribution in [2.45, 2.75) is 13.0 Å². The van der Waals surface area contributed by atoms with Crippen LogP contribution in [0.5, 0.6) is 0 Å². The quantitative estimate of drug-likeness (QED) is 0.767. The number of benzene rings is 1. The first-order chi connectivity index (χ1) is 6.18. The van der Waals surface area contributed by atoms with Crippen molar-refractivity contribution in [3.8, 4) is 0 Å². The van der Waals surface area contributed by atoms with Gasteiger partial charge in [0.25, 0.3) is 0 Å². The summed E-state index contributed by atoms with van der Waals surface area (Å²) in [5.74, 6) is 0. The van der Waals surface area contributed by atoms with E-state index in [4.69, 9.17) is 17.3 Å². The molecule has 0 saturated carbocycles. The molecule has 1 aromatic heterocycles. The highest BCUT2D eigenvalue weighted by Crippen LogP contribution is 2.33. The van der Waals surface area contributed by atoms with E-state index in [0.29, 0.717) is 0 Å². The molecule has 68 valence electrons. The number of rotatable bonds is 1. The molecule has 2 N–H and O–H groups in total. The summed E-state index contributed by atoms with van der Waals surface area (Å²) < 4.78 is 1.21. The van der Waals surface area contributed by atoms with Gasteiger partial charge in [0.1, 0.15) is 0 Å². The third kappa shape index (κ3) is 1.57. The Labute approximate surface area is 86.1 Å². The first-order valence-corrected chi connectivity index (χ1v) is 5.31. The standard InChI is InChI=1S/C10H10ClNS/c1-6(12)10-5-7-8(11)3-2-4-9(7)13-10/h2-6H,12H2,1H3/t6-/m0/s1. The van der Waals surface area contributed by atoms with E-state index in [1.807, 2.05) is 19.1 Å². The molecular formula is C10H10ClNS. The van der Waals surface area contributed by atoms with Gasteiger partial charge in [0, 0.05) is 26.0 Å². The number of nitrogens with two attached hydrogens (primary N) is 1. The monoisotopic (exact) mass is 211 g/mol. The Morgan fingerprint density at radius 2 is 2.23 bits per heavy atom. The summed E-state index contributed by atoms with van der Waals surface area (Å²) in [7, 11) is 0. The fourth-order valence-electron chi connectivity index (χ4n) is 1.27. The van der Waals surface area contributed by atoms with Crippen molar-refractivity contribution in [3.05, 3.63) is 34.2 Å². The van der Waals surface area contributed by atoms with Gasteiger partial charge in [0.15, 0.2) is 0 Å². The fraction of sp³-hybridized carbons (Fsp3) is 0.200. The van der Waals surface area contributed by atoms with Crippen LogP contribution in [-0.4, -0.2) is 0 Å². The molecule has 3 heteroatoms. The van der Waals surface area contributed by atoms with E-state index in [1.54, 1.807) is 11.3 Å². The third-order valence-electron chi connectivity index (χ3n) is 1.98. The number of hydrogen-bond acceptors (Lipinski definition) is 2. The molecule has 2 aromatic rings. The van der Waals surface area contributed by atoms with Crippen molar-refractivity contribution < 1.29 is 0 Å². The second kappa shape index (κ2) is 3.29. The minimum atomic E-state index is 0.0912. The van der Waals surface area contributed by atoms with Crippen molar-refractivity contribution in [3.63, 3.8) is 0 Å². The molecule has 1 nitrogen and oxygen atoms in total. The summed E-state index contributed by atoms with van der Waals surface area (Å²) in [6.45, 7) is 1.98. The topological polar surface area (TPSA) is 26.0 Å². The zero-order chi connectivity index (χ0) is 9.42. The minimum Gasteiger partial charge on any atom is -0.324 e. The van der Waals surface area contributed by atoms with Gasteiger partial charge in [-0.15, -0.1) is 11.3 Å². The Bertz CT molecular complexity index is 433. The third-order valence-corrected chi connectivity index (χ3v) is 3.61. The van der Waals surface area contributed by atoms with E-state index in [0.717, 1.165) is 10.4 Å². The van der Waals surface area contributed by atoms with E-state index in [2.05, 4.69) is 12.1 Å². The smallest absolute Gasteiger partial charge is 0.0492 e. The first kappa shape index (κ1) is 9.00. The molecule has 0 saturated heterocycles. The van der Waals surface area contributed by atoms with Crippen molar-refractivity contribution >= 4 is 33.0 Å². The molecule has 0 aliphatic rings. The van der Waals surface area contributed by atoms with Crippen LogP contribution < -0.4 is 5.73 Å². The highest BCUT2D eigenvalue weighted by atomic mass is 35.5. The minimum absolute atomic E-state index is 0.0912. The van der Waals surface area contributed by atoms with Gasteiger partial charge in [-0.05, 0) is 25.1 Å². The molecule has 1 heterocycles. The number of fused-ring (bicyclic) bond motifs is 1. The molecule has 0 amide bonds. The van der Waals surface area contributed by atoms with Crippen molar-refractivity contribution in [1.82, 2.24) is 0 Å². The molecule has 0 spiro atoms. The fourth-order valence-corrected chi connectivity index (χ4v) is 2.60. The maximum Gasteiger partial charge on any atom is 0.0492 e. The van der Waals surface area contributed by atoms with Crippen LogP contribution in [0.3, 0.4) is 0 Å². The van der Waals surface area contributed by atoms with Gasteiger partial charge in [-0.1, -0.05) is 17.7 Å². The lowest BCUT2D eigenvalue weighted by Crippen LogP contribution is -2.01. The SMILES string of the molecule is C[C@H](N)c1cc2c(Cl)cccc2s1. The van der Waals surface area contributed by atoms with Crippen LogP contribution in [-0.2, 0) is 0 Å². The molecule has 13 heavy (non-hydrogen) atoms. The Morgan fingerprint density at radius 1 is 1.46 bits per heavy atom. The highest BCUT2D eigenvalue weighted by molar-refractivity contribution is 7.19. The maximum atomic E-state index is 6.04. The lowest BCUT2D eigenvalue weighted by Gasteiger charge is -1.96. The Kier molecular flexibility index (Phi) is 2.28. The summed E-state index contributed by atoms with van der Waals surface area (Å²) >= 11 is 7.75. The van der Waals surface area contributed by atoms with Gasteiger partial charge in [0.2, 0.25) is 0 Å². The summed E-state index contributed by atoms with van der Waals surface area (Å²) in [5, 5.41) is 1.92. The van der Waals surface area contributed by atoms with Crippen LogP contribution in [0.1, 0.15) is 17.8 Å². The van der Waals surface area contributed by atoms with Gasteiger partial charge in [-0.25, -0.2) is 0 Å².